The molecule has 3 aliphatic rings. The van der Waals surface area contributed by atoms with Crippen LogP contribution in [0.1, 0.15) is 44.9 Å². The van der Waals surface area contributed by atoms with E-state index in [1.807, 2.05) is 0 Å². The monoisotopic (exact) mass is 384 g/mol. The Morgan fingerprint density at radius 1 is 1.12 bits per heavy atom. The lowest BCUT2D eigenvalue weighted by Crippen LogP contribution is -2.44. The average molecular weight is 384 g/mol. The van der Waals surface area contributed by atoms with Crippen LogP contribution < -0.4 is 0 Å². The molecule has 0 aromatic heterocycles. The Morgan fingerprint density at radius 2 is 1.80 bits per heavy atom. The van der Waals surface area contributed by atoms with Crippen LogP contribution in [0.5, 0.6) is 0 Å². The Hall–Kier alpha value is -0.830. The molecule has 5 nitrogen and oxygen atoms in total. The molecule has 0 spiro atoms. The molecule has 0 heterocycles. The van der Waals surface area contributed by atoms with Crippen LogP contribution in [-0.2, 0) is 19.6 Å². The van der Waals surface area contributed by atoms with Gasteiger partial charge in [-0.15, -0.1) is 0 Å². The van der Waals surface area contributed by atoms with E-state index in [-0.39, 0.29) is 12.3 Å². The van der Waals surface area contributed by atoms with Crippen LogP contribution in [0.3, 0.4) is 0 Å². The first-order valence-electron chi connectivity index (χ1n) is 8.72. The lowest BCUT2D eigenvalue weighted by molar-refractivity contribution is -0.216. The van der Waals surface area contributed by atoms with Gasteiger partial charge in [-0.1, -0.05) is 6.42 Å². The van der Waals surface area contributed by atoms with E-state index in [2.05, 4.69) is 4.74 Å². The molecule has 0 aromatic rings. The van der Waals surface area contributed by atoms with Crippen molar-refractivity contribution >= 4 is 16.1 Å². The van der Waals surface area contributed by atoms with Gasteiger partial charge in [0.1, 0.15) is 5.75 Å². The van der Waals surface area contributed by atoms with E-state index < -0.39 is 34.1 Å². The van der Waals surface area contributed by atoms with Crippen LogP contribution in [0, 0.1) is 29.6 Å². The zero-order valence-electron chi connectivity index (χ0n) is 13.7. The quantitative estimate of drug-likeness (QED) is 0.582. The molecule has 25 heavy (non-hydrogen) atoms. The molecule has 6 unspecified atom stereocenters. The second-order valence-corrected chi connectivity index (χ2v) is 9.41. The number of alkyl halides is 3. The van der Waals surface area contributed by atoms with Gasteiger partial charge in [-0.05, 0) is 61.7 Å². The summed E-state index contributed by atoms with van der Waals surface area (Å²) in [7, 11) is -4.90. The number of fused-ring (bicyclic) bond motifs is 2. The van der Waals surface area contributed by atoms with Crippen LogP contribution in [0.4, 0.5) is 13.2 Å². The van der Waals surface area contributed by atoms with E-state index in [1.165, 1.54) is 0 Å². The predicted octanol–water partition coefficient (Wildman–Crippen LogP) is 3.20. The van der Waals surface area contributed by atoms with Gasteiger partial charge < -0.3 is 4.74 Å². The highest BCUT2D eigenvalue weighted by molar-refractivity contribution is 7.85. The lowest BCUT2D eigenvalue weighted by atomic mass is 9.54. The molecule has 3 saturated carbocycles. The maximum Gasteiger partial charge on any atom is 0.426 e. The summed E-state index contributed by atoms with van der Waals surface area (Å²) < 4.78 is 73.2. The van der Waals surface area contributed by atoms with E-state index in [0.717, 1.165) is 44.4 Å². The van der Waals surface area contributed by atoms with Crippen LogP contribution in [0.15, 0.2) is 0 Å². The molecule has 0 aromatic carbocycles. The zero-order chi connectivity index (χ0) is 18.4. The van der Waals surface area contributed by atoms with Crippen molar-refractivity contribution in [2.45, 2.75) is 57.2 Å². The van der Waals surface area contributed by atoms with Crippen molar-refractivity contribution in [2.75, 3.05) is 5.75 Å². The van der Waals surface area contributed by atoms with Crippen LogP contribution >= 0.6 is 0 Å². The molecule has 6 atom stereocenters. The molecule has 9 heteroatoms. The highest BCUT2D eigenvalue weighted by Crippen LogP contribution is 2.55. The molecule has 0 saturated heterocycles. The molecule has 0 amide bonds. The molecule has 3 aliphatic carbocycles. The molecular weight excluding hydrogens is 361 g/mol. The van der Waals surface area contributed by atoms with Gasteiger partial charge in [-0.25, -0.2) is 0 Å². The summed E-state index contributed by atoms with van der Waals surface area (Å²) in [5.74, 6) is -0.475. The zero-order valence-corrected chi connectivity index (χ0v) is 14.6. The van der Waals surface area contributed by atoms with Crippen molar-refractivity contribution < 1.29 is 35.7 Å². The van der Waals surface area contributed by atoms with Gasteiger partial charge in [-0.2, -0.15) is 21.6 Å². The van der Waals surface area contributed by atoms with Gasteiger partial charge in [0, 0.05) is 6.42 Å². The van der Waals surface area contributed by atoms with E-state index in [4.69, 9.17) is 4.55 Å². The van der Waals surface area contributed by atoms with Crippen LogP contribution in [0.25, 0.3) is 0 Å². The third-order valence-electron chi connectivity index (χ3n) is 6.12. The first kappa shape index (κ1) is 18.9. The smallest absolute Gasteiger partial charge is 0.426 e. The minimum atomic E-state index is -5.04. The van der Waals surface area contributed by atoms with Crippen LogP contribution in [-0.4, -0.2) is 37.0 Å². The summed E-state index contributed by atoms with van der Waals surface area (Å²) in [5, 5.41) is 0. The number of ether oxygens (including phenoxy) is 1. The molecule has 1 N–H and O–H groups in total. The largest absolute Gasteiger partial charge is 0.451 e. The Bertz CT molecular complexity index is 612. The Kier molecular flexibility index (Phi) is 5.09. The standard InChI is InChI=1S/C16H23F3O5S/c17-16(18,19)14(8-25(21,22)23)24-15(20)7-12-6-10-3-9-1-2-13(12)11(4-9)5-10/h9-14H,1-8H2,(H,21,22,23). The second-order valence-electron chi connectivity index (χ2n) is 7.91. The third kappa shape index (κ3) is 4.67. The molecule has 0 radical (unpaired) electrons. The molecule has 0 aliphatic heterocycles. The first-order valence-corrected chi connectivity index (χ1v) is 10.3. The minimum Gasteiger partial charge on any atom is -0.451 e. The van der Waals surface area contributed by atoms with Crippen molar-refractivity contribution in [1.82, 2.24) is 0 Å². The highest BCUT2D eigenvalue weighted by Gasteiger charge is 2.48. The van der Waals surface area contributed by atoms with E-state index in [1.54, 1.807) is 0 Å². The van der Waals surface area contributed by atoms with Gasteiger partial charge in [-0.3, -0.25) is 9.35 Å². The summed E-state index contributed by atoms with van der Waals surface area (Å²) >= 11 is 0. The molecular formula is C16H23F3O5S. The lowest BCUT2D eigenvalue weighted by Gasteiger charge is -2.52. The third-order valence-corrected chi connectivity index (χ3v) is 6.85. The molecule has 3 bridgehead atoms. The van der Waals surface area contributed by atoms with E-state index in [0.29, 0.717) is 17.8 Å². The van der Waals surface area contributed by atoms with Gasteiger partial charge in [0.15, 0.2) is 0 Å². The predicted molar refractivity (Wildman–Crippen MR) is 82.1 cm³/mol. The number of halogens is 3. The van der Waals surface area contributed by atoms with E-state index in [9.17, 15) is 26.4 Å². The fraction of sp³-hybridized carbons (Fsp3) is 0.938. The van der Waals surface area contributed by atoms with Crippen molar-refractivity contribution in [3.63, 3.8) is 0 Å². The summed E-state index contributed by atoms with van der Waals surface area (Å²) in [4.78, 5) is 12.0. The number of carbonyl (C=O) groups is 1. The van der Waals surface area contributed by atoms with Gasteiger partial charge in [0.05, 0.1) is 0 Å². The van der Waals surface area contributed by atoms with Crippen molar-refractivity contribution in [3.8, 4) is 0 Å². The Balaban J connectivity index is 1.63. The van der Waals surface area contributed by atoms with Gasteiger partial charge in [0.25, 0.3) is 10.1 Å². The molecule has 3 fully saturated rings. The Labute approximate surface area is 145 Å². The number of carbonyl (C=O) groups excluding carboxylic acids is 1. The molecule has 144 valence electrons. The number of hydrogen-bond acceptors (Lipinski definition) is 4. The van der Waals surface area contributed by atoms with Crippen molar-refractivity contribution in [1.29, 1.82) is 0 Å². The average Bonchev–Trinajstić information content (AvgIpc) is 2.42. The van der Waals surface area contributed by atoms with Crippen molar-refractivity contribution in [2.24, 2.45) is 29.6 Å². The number of rotatable bonds is 5. The first-order chi connectivity index (χ1) is 11.5. The normalized spacial score (nSPS) is 36.1. The molecule has 3 rings (SSSR count). The number of esters is 1. The fourth-order valence-electron chi connectivity index (χ4n) is 5.32. The fourth-order valence-corrected chi connectivity index (χ4v) is 5.96. The maximum atomic E-state index is 12.9. The highest BCUT2D eigenvalue weighted by atomic mass is 32.2. The summed E-state index contributed by atoms with van der Waals surface area (Å²) in [6, 6.07) is 0. The van der Waals surface area contributed by atoms with E-state index >= 15 is 0 Å². The summed E-state index contributed by atoms with van der Waals surface area (Å²) in [5.41, 5.74) is 0. The van der Waals surface area contributed by atoms with Crippen LogP contribution in [0.2, 0.25) is 0 Å². The van der Waals surface area contributed by atoms with Gasteiger partial charge >= 0.3 is 12.1 Å². The SMILES string of the molecule is O=C(CC1CC2CC3CCC1C(C3)C2)OC(CS(=O)(=O)O)C(F)(F)F. The second kappa shape index (κ2) is 6.72. The Morgan fingerprint density at radius 3 is 2.44 bits per heavy atom. The van der Waals surface area contributed by atoms with Gasteiger partial charge in [0.2, 0.25) is 6.10 Å². The maximum absolute atomic E-state index is 12.9. The van der Waals surface area contributed by atoms with Crippen molar-refractivity contribution in [3.05, 3.63) is 0 Å². The number of hydrogen-bond donors (Lipinski definition) is 1. The topological polar surface area (TPSA) is 80.7 Å². The summed E-state index contributed by atoms with van der Waals surface area (Å²) in [6.07, 6.45) is -1.56. The minimum absolute atomic E-state index is 0.0112. The summed E-state index contributed by atoms with van der Waals surface area (Å²) in [6.45, 7) is 0.